The van der Waals surface area contributed by atoms with Gasteiger partial charge in [-0.15, -0.1) is 0 Å². The van der Waals surface area contributed by atoms with Gasteiger partial charge in [-0.1, -0.05) is 19.6 Å². The van der Waals surface area contributed by atoms with Crippen LogP contribution in [0.1, 0.15) is 0 Å². The van der Waals surface area contributed by atoms with E-state index in [2.05, 4.69) is 0 Å². The SMILES string of the molecule is C[Si](C)(C)C(=O)[C@H](O)[C@@H](O)[C@@H](O)[C@H](O)CO. The molecule has 0 aromatic rings. The maximum Gasteiger partial charge on any atom is 0.141 e. The van der Waals surface area contributed by atoms with Crippen LogP contribution in [0.5, 0.6) is 0 Å². The van der Waals surface area contributed by atoms with Crippen molar-refractivity contribution in [2.75, 3.05) is 6.61 Å². The maximum atomic E-state index is 11.6. The molecular weight excluding hydrogens is 232 g/mol. The summed E-state index contributed by atoms with van der Waals surface area (Å²) in [5, 5.41) is 45.4. The highest BCUT2D eigenvalue weighted by Gasteiger charge is 2.39. The summed E-state index contributed by atoms with van der Waals surface area (Å²) in [4.78, 5) is 11.6. The van der Waals surface area contributed by atoms with Crippen molar-refractivity contribution in [2.24, 2.45) is 0 Å². The van der Waals surface area contributed by atoms with E-state index in [1.807, 2.05) is 0 Å². The topological polar surface area (TPSA) is 118 Å². The van der Waals surface area contributed by atoms with Crippen molar-refractivity contribution in [3.8, 4) is 0 Å². The zero-order chi connectivity index (χ0) is 13.1. The molecule has 4 atom stereocenters. The minimum Gasteiger partial charge on any atom is -0.394 e. The van der Waals surface area contributed by atoms with E-state index in [0.29, 0.717) is 0 Å². The predicted octanol–water partition coefficient (Wildman–Crippen LogP) is -2.13. The third-order valence-electron chi connectivity index (χ3n) is 2.26. The van der Waals surface area contributed by atoms with Crippen LogP contribution in [0.4, 0.5) is 0 Å². The van der Waals surface area contributed by atoms with E-state index in [9.17, 15) is 20.1 Å². The lowest BCUT2D eigenvalue weighted by molar-refractivity contribution is -0.140. The minimum atomic E-state index is -2.28. The molecule has 0 saturated heterocycles. The van der Waals surface area contributed by atoms with Crippen LogP contribution in [0.3, 0.4) is 0 Å². The number of rotatable bonds is 6. The molecule has 7 heteroatoms. The highest BCUT2D eigenvalue weighted by Crippen LogP contribution is 2.12. The molecule has 0 fully saturated rings. The highest BCUT2D eigenvalue weighted by molar-refractivity contribution is 7.04. The van der Waals surface area contributed by atoms with Gasteiger partial charge in [0.15, 0.2) is 0 Å². The average Bonchev–Trinajstić information content (AvgIpc) is 2.22. The molecule has 0 heterocycles. The van der Waals surface area contributed by atoms with Crippen molar-refractivity contribution >= 4 is 13.5 Å². The minimum absolute atomic E-state index is 0.510. The summed E-state index contributed by atoms with van der Waals surface area (Å²) in [7, 11) is -2.28. The molecule has 0 saturated carbocycles. The summed E-state index contributed by atoms with van der Waals surface area (Å²) in [6.07, 6.45) is -6.86. The van der Waals surface area contributed by atoms with Crippen molar-refractivity contribution in [1.82, 2.24) is 0 Å². The Morgan fingerprint density at radius 2 is 1.50 bits per heavy atom. The number of aliphatic hydroxyl groups is 5. The third-order valence-corrected chi connectivity index (χ3v) is 4.04. The van der Waals surface area contributed by atoms with E-state index in [4.69, 9.17) is 10.2 Å². The molecule has 0 unspecified atom stereocenters. The van der Waals surface area contributed by atoms with E-state index < -0.39 is 44.5 Å². The second-order valence-corrected chi connectivity index (χ2v) is 9.78. The van der Waals surface area contributed by atoms with Crippen molar-refractivity contribution in [3.05, 3.63) is 0 Å². The predicted molar refractivity (Wildman–Crippen MR) is 59.5 cm³/mol. The summed E-state index contributed by atoms with van der Waals surface area (Å²) in [6, 6.07) is 0. The van der Waals surface area contributed by atoms with Crippen LogP contribution < -0.4 is 0 Å². The number of carbonyl (C=O) groups is 1. The zero-order valence-corrected chi connectivity index (χ0v) is 10.7. The summed E-state index contributed by atoms with van der Waals surface area (Å²) in [5.41, 5.74) is 0. The number of hydrogen-bond donors (Lipinski definition) is 5. The fraction of sp³-hybridized carbons (Fsp3) is 0.889. The molecule has 0 aliphatic carbocycles. The quantitative estimate of drug-likeness (QED) is 0.345. The smallest absolute Gasteiger partial charge is 0.141 e. The Bertz CT molecular complexity index is 239. The van der Waals surface area contributed by atoms with E-state index in [1.165, 1.54) is 0 Å². The van der Waals surface area contributed by atoms with E-state index in [0.717, 1.165) is 0 Å². The average molecular weight is 252 g/mol. The lowest BCUT2D eigenvalue weighted by Crippen LogP contribution is -2.53. The van der Waals surface area contributed by atoms with Gasteiger partial charge in [0.05, 0.1) is 6.61 Å². The first-order valence-corrected chi connectivity index (χ1v) is 8.50. The van der Waals surface area contributed by atoms with Gasteiger partial charge < -0.3 is 30.3 Å². The third kappa shape index (κ3) is 3.93. The first kappa shape index (κ1) is 15.7. The molecule has 0 aromatic carbocycles. The molecule has 0 radical (unpaired) electrons. The fourth-order valence-corrected chi connectivity index (χ4v) is 2.18. The first-order chi connectivity index (χ1) is 7.12. The van der Waals surface area contributed by atoms with Gasteiger partial charge in [0.1, 0.15) is 37.9 Å². The summed E-state index contributed by atoms with van der Waals surface area (Å²) in [5.74, 6) is 0. The lowest BCUT2D eigenvalue weighted by atomic mass is 10.0. The van der Waals surface area contributed by atoms with Crippen LogP contribution in [0.25, 0.3) is 0 Å². The van der Waals surface area contributed by atoms with Crippen LogP contribution in [-0.4, -0.2) is 70.0 Å². The van der Waals surface area contributed by atoms with Gasteiger partial charge >= 0.3 is 0 Å². The summed E-state index contributed by atoms with van der Waals surface area (Å²) in [6.45, 7) is 4.33. The molecule has 96 valence electrons. The van der Waals surface area contributed by atoms with Crippen LogP contribution in [0.15, 0.2) is 0 Å². The molecule has 16 heavy (non-hydrogen) atoms. The molecule has 0 aromatic heterocycles. The Morgan fingerprint density at radius 1 is 1.06 bits per heavy atom. The fourth-order valence-electron chi connectivity index (χ4n) is 1.12. The number of hydrogen-bond acceptors (Lipinski definition) is 6. The van der Waals surface area contributed by atoms with Gasteiger partial charge in [0.25, 0.3) is 0 Å². The molecule has 0 aliphatic heterocycles. The van der Waals surface area contributed by atoms with Crippen LogP contribution in [-0.2, 0) is 4.79 Å². The molecule has 0 rings (SSSR count). The van der Waals surface area contributed by atoms with E-state index in [-0.39, 0.29) is 0 Å². The molecule has 5 N–H and O–H groups in total. The Hall–Kier alpha value is -0.313. The highest BCUT2D eigenvalue weighted by atomic mass is 28.3. The van der Waals surface area contributed by atoms with Gasteiger partial charge in [0, 0.05) is 0 Å². The first-order valence-electron chi connectivity index (χ1n) is 5.00. The zero-order valence-electron chi connectivity index (χ0n) is 9.66. The van der Waals surface area contributed by atoms with Crippen molar-refractivity contribution in [2.45, 2.75) is 44.1 Å². The standard InChI is InChI=1S/C9H20O6Si/c1-16(2,3)9(15)8(14)7(13)6(12)5(11)4-10/h5-8,10-14H,4H2,1-3H3/t5-,6+,7+,8-/m1/s1. The molecule has 0 aliphatic rings. The monoisotopic (exact) mass is 252 g/mol. The molecule has 0 spiro atoms. The van der Waals surface area contributed by atoms with Crippen molar-refractivity contribution in [1.29, 1.82) is 0 Å². The normalized spacial score (nSPS) is 20.0. The Balaban J connectivity index is 4.61. The molecule has 0 bridgehead atoms. The van der Waals surface area contributed by atoms with Crippen molar-refractivity contribution < 1.29 is 30.3 Å². The number of carbonyl (C=O) groups excluding carboxylic acids is 1. The second-order valence-electron chi connectivity index (χ2n) is 4.79. The Kier molecular flexibility index (Phi) is 5.74. The van der Waals surface area contributed by atoms with Crippen LogP contribution >= 0.6 is 0 Å². The molecule has 6 nitrogen and oxygen atoms in total. The van der Waals surface area contributed by atoms with Gasteiger partial charge in [-0.05, 0) is 0 Å². The summed E-state index contributed by atoms with van der Waals surface area (Å²) < 4.78 is 0. The molecular formula is C9H20O6Si. The summed E-state index contributed by atoms with van der Waals surface area (Å²) >= 11 is 0. The maximum absolute atomic E-state index is 11.6. The molecule has 0 amide bonds. The van der Waals surface area contributed by atoms with Crippen LogP contribution in [0.2, 0.25) is 19.6 Å². The Morgan fingerprint density at radius 3 is 1.81 bits per heavy atom. The van der Waals surface area contributed by atoms with Gasteiger partial charge in [-0.25, -0.2) is 0 Å². The number of aliphatic hydroxyl groups excluding tert-OH is 5. The largest absolute Gasteiger partial charge is 0.394 e. The van der Waals surface area contributed by atoms with Gasteiger partial charge in [-0.2, -0.15) is 0 Å². The second kappa shape index (κ2) is 5.85. The van der Waals surface area contributed by atoms with E-state index in [1.54, 1.807) is 19.6 Å². The van der Waals surface area contributed by atoms with Gasteiger partial charge in [-0.3, -0.25) is 0 Å². The Labute approximate surface area is 95.2 Å². The lowest BCUT2D eigenvalue weighted by Gasteiger charge is -2.28. The van der Waals surface area contributed by atoms with Crippen LogP contribution in [0, 0.1) is 0 Å². The van der Waals surface area contributed by atoms with Gasteiger partial charge in [0.2, 0.25) is 0 Å². The van der Waals surface area contributed by atoms with E-state index >= 15 is 0 Å². The van der Waals surface area contributed by atoms with Crippen molar-refractivity contribution in [3.63, 3.8) is 0 Å².